The van der Waals surface area contributed by atoms with E-state index in [4.69, 9.17) is 5.11 Å². The first-order valence-electron chi connectivity index (χ1n) is 7.20. The number of nitrogens with one attached hydrogen (secondary N) is 1. The minimum absolute atomic E-state index is 0. The van der Waals surface area contributed by atoms with Crippen LogP contribution >= 0.6 is 0 Å². The van der Waals surface area contributed by atoms with Gasteiger partial charge in [-0.3, -0.25) is 4.79 Å². The fraction of sp³-hybridized carbons (Fsp3) is 0.929. The van der Waals surface area contributed by atoms with Gasteiger partial charge in [-0.05, 0) is 13.0 Å². The Hall–Kier alpha value is 1.07. The molecule has 0 unspecified atom stereocenters. The van der Waals surface area contributed by atoms with Gasteiger partial charge in [-0.25, -0.2) is 0 Å². The molecule has 0 heterocycles. The van der Waals surface area contributed by atoms with Gasteiger partial charge in [0.2, 0.25) is 0 Å². The standard InChI is InChI=1S/C14H29NO2.K.H/c1-2-3-4-5-6-7-8-9-10-11-12-15-13-14(16)17;;/h15H,2-13H2,1H3,(H,16,17);;. The molecule has 0 fully saturated rings. The number of carboxylic acids is 1. The third-order valence-electron chi connectivity index (χ3n) is 2.98. The number of hydrogen-bond acceptors (Lipinski definition) is 2. The molecule has 0 aromatic heterocycles. The molecule has 0 aliphatic carbocycles. The van der Waals surface area contributed by atoms with Gasteiger partial charge in [0.25, 0.3) is 0 Å². The van der Waals surface area contributed by atoms with Crippen LogP contribution in [0.15, 0.2) is 0 Å². The van der Waals surface area contributed by atoms with E-state index < -0.39 is 5.97 Å². The maximum absolute atomic E-state index is 10.2. The van der Waals surface area contributed by atoms with E-state index in [9.17, 15) is 4.79 Å². The molecule has 0 amide bonds. The van der Waals surface area contributed by atoms with Crippen molar-refractivity contribution in [2.24, 2.45) is 0 Å². The fourth-order valence-corrected chi connectivity index (χ4v) is 1.93. The maximum atomic E-state index is 10.2. The average molecular weight is 283 g/mol. The summed E-state index contributed by atoms with van der Waals surface area (Å²) >= 11 is 0. The summed E-state index contributed by atoms with van der Waals surface area (Å²) in [4.78, 5) is 10.2. The van der Waals surface area contributed by atoms with Gasteiger partial charge in [-0.1, -0.05) is 64.7 Å². The third kappa shape index (κ3) is 19.4. The van der Waals surface area contributed by atoms with Crippen LogP contribution in [-0.2, 0) is 4.79 Å². The third-order valence-corrected chi connectivity index (χ3v) is 2.98. The molecule has 4 heteroatoms. The second-order valence-corrected chi connectivity index (χ2v) is 4.75. The molecule has 104 valence electrons. The van der Waals surface area contributed by atoms with Crippen molar-refractivity contribution in [3.8, 4) is 0 Å². The molecule has 3 nitrogen and oxygen atoms in total. The summed E-state index contributed by atoms with van der Waals surface area (Å²) < 4.78 is 0. The van der Waals surface area contributed by atoms with Crippen LogP contribution < -0.4 is 5.32 Å². The van der Waals surface area contributed by atoms with Gasteiger partial charge in [-0.2, -0.15) is 0 Å². The molecule has 0 spiro atoms. The van der Waals surface area contributed by atoms with Crippen molar-refractivity contribution in [3.05, 3.63) is 0 Å². The van der Waals surface area contributed by atoms with Gasteiger partial charge < -0.3 is 10.4 Å². The van der Waals surface area contributed by atoms with E-state index in [1.165, 1.54) is 57.8 Å². The van der Waals surface area contributed by atoms with Gasteiger partial charge in [0.1, 0.15) is 0 Å². The molecule has 2 N–H and O–H groups in total. The topological polar surface area (TPSA) is 49.3 Å². The van der Waals surface area contributed by atoms with Crippen LogP contribution in [0.1, 0.15) is 71.1 Å². The number of carboxylic acid groups (broad SMARTS) is 1. The Morgan fingerprint density at radius 1 is 0.889 bits per heavy atom. The van der Waals surface area contributed by atoms with E-state index >= 15 is 0 Å². The second-order valence-electron chi connectivity index (χ2n) is 4.75. The van der Waals surface area contributed by atoms with Gasteiger partial charge in [0, 0.05) is 0 Å². The molecular formula is C14H30KNO2. The summed E-state index contributed by atoms with van der Waals surface area (Å²) in [6, 6.07) is 0. The summed E-state index contributed by atoms with van der Waals surface area (Å²) in [6.45, 7) is 3.18. The molecular weight excluding hydrogens is 253 g/mol. The van der Waals surface area contributed by atoms with E-state index in [-0.39, 0.29) is 57.9 Å². The Balaban J connectivity index is 0. The first-order chi connectivity index (χ1) is 8.27. The van der Waals surface area contributed by atoms with Crippen molar-refractivity contribution in [2.45, 2.75) is 71.1 Å². The van der Waals surface area contributed by atoms with Crippen LogP contribution in [-0.4, -0.2) is 75.5 Å². The van der Waals surface area contributed by atoms with Crippen LogP contribution in [0.2, 0.25) is 0 Å². The Morgan fingerprint density at radius 2 is 1.33 bits per heavy atom. The average Bonchev–Trinajstić information content (AvgIpc) is 2.30. The van der Waals surface area contributed by atoms with Crippen molar-refractivity contribution in [1.29, 1.82) is 0 Å². The van der Waals surface area contributed by atoms with E-state index in [0.29, 0.717) is 0 Å². The SMILES string of the molecule is CCCCCCCCCCCCNCC(=O)O.[KH]. The molecule has 0 rings (SSSR count). The van der Waals surface area contributed by atoms with Crippen molar-refractivity contribution < 1.29 is 9.90 Å². The molecule has 18 heavy (non-hydrogen) atoms. The van der Waals surface area contributed by atoms with Crippen molar-refractivity contribution in [3.63, 3.8) is 0 Å². The van der Waals surface area contributed by atoms with E-state index in [0.717, 1.165) is 13.0 Å². The zero-order chi connectivity index (χ0) is 12.8. The molecule has 0 aromatic rings. The molecule has 0 aliphatic heterocycles. The fourth-order valence-electron chi connectivity index (χ4n) is 1.93. The second kappa shape index (κ2) is 18.1. The first-order valence-corrected chi connectivity index (χ1v) is 7.20. The van der Waals surface area contributed by atoms with Crippen LogP contribution in [0.25, 0.3) is 0 Å². The summed E-state index contributed by atoms with van der Waals surface area (Å²) in [5, 5.41) is 11.3. The summed E-state index contributed by atoms with van der Waals surface area (Å²) in [6.07, 6.45) is 13.2. The van der Waals surface area contributed by atoms with E-state index in [2.05, 4.69) is 12.2 Å². The molecule has 0 saturated heterocycles. The Labute approximate surface area is 155 Å². The van der Waals surface area contributed by atoms with Crippen molar-refractivity contribution in [2.75, 3.05) is 13.1 Å². The van der Waals surface area contributed by atoms with Crippen LogP contribution in [0.3, 0.4) is 0 Å². The minimum atomic E-state index is -0.767. The van der Waals surface area contributed by atoms with Crippen LogP contribution in [0.5, 0.6) is 0 Å². The van der Waals surface area contributed by atoms with Crippen LogP contribution in [0.4, 0.5) is 0 Å². The molecule has 0 saturated carbocycles. The van der Waals surface area contributed by atoms with Crippen molar-refractivity contribution in [1.82, 2.24) is 5.32 Å². The molecule has 0 atom stereocenters. The molecule has 0 aromatic carbocycles. The van der Waals surface area contributed by atoms with Crippen LogP contribution in [0, 0.1) is 0 Å². The first kappa shape index (κ1) is 21.4. The zero-order valence-electron chi connectivity index (χ0n) is 11.3. The van der Waals surface area contributed by atoms with Crippen molar-refractivity contribution >= 4 is 57.4 Å². The summed E-state index contributed by atoms with van der Waals surface area (Å²) in [7, 11) is 0. The number of rotatable bonds is 13. The van der Waals surface area contributed by atoms with E-state index in [1.807, 2.05) is 0 Å². The Bertz CT molecular complexity index is 177. The monoisotopic (exact) mass is 283 g/mol. The Kier molecular flexibility index (Phi) is 21.4. The van der Waals surface area contributed by atoms with Gasteiger partial charge in [-0.15, -0.1) is 0 Å². The number of hydrogen-bond donors (Lipinski definition) is 2. The number of aliphatic carboxylic acids is 1. The summed E-state index contributed by atoms with van der Waals surface area (Å²) in [5.41, 5.74) is 0. The normalized spacial score (nSPS) is 10.1. The predicted molar refractivity (Wildman–Crippen MR) is 79.5 cm³/mol. The predicted octanol–water partition coefficient (Wildman–Crippen LogP) is 2.93. The van der Waals surface area contributed by atoms with Gasteiger partial charge in [0.05, 0.1) is 6.54 Å². The molecule has 0 radical (unpaired) electrons. The van der Waals surface area contributed by atoms with E-state index in [1.54, 1.807) is 0 Å². The Morgan fingerprint density at radius 3 is 1.78 bits per heavy atom. The number of carbonyl (C=O) groups is 1. The molecule has 0 aliphatic rings. The van der Waals surface area contributed by atoms with Gasteiger partial charge in [0.15, 0.2) is 0 Å². The molecule has 0 bridgehead atoms. The summed E-state index contributed by atoms with van der Waals surface area (Å²) in [5.74, 6) is -0.767. The number of unbranched alkanes of at least 4 members (excludes halogenated alkanes) is 9. The van der Waals surface area contributed by atoms with Gasteiger partial charge >= 0.3 is 57.4 Å². The quantitative estimate of drug-likeness (QED) is 0.403. The zero-order valence-corrected chi connectivity index (χ0v) is 11.3.